The normalized spacial score (nSPS) is 10.9. The van der Waals surface area contributed by atoms with E-state index in [1.807, 2.05) is 25.1 Å². The van der Waals surface area contributed by atoms with Crippen LogP contribution in [-0.4, -0.2) is 43.5 Å². The summed E-state index contributed by atoms with van der Waals surface area (Å²) >= 11 is 0. The summed E-state index contributed by atoms with van der Waals surface area (Å²) in [6, 6.07) is 6.34. The standard InChI is InChI=1S/C16H27N3O/c1-6-17-14-7-8-15(13(4)11-14)16(20)18-9-10-19(5)12(2)3/h7-8,11-12,17H,6,9-10H2,1-5H3,(H,18,20). The van der Waals surface area contributed by atoms with Crippen LogP contribution in [0.5, 0.6) is 0 Å². The van der Waals surface area contributed by atoms with Crippen molar-refractivity contribution in [1.82, 2.24) is 10.2 Å². The average Bonchev–Trinajstić information content (AvgIpc) is 2.38. The molecule has 4 heteroatoms. The molecule has 0 unspecified atom stereocenters. The Morgan fingerprint density at radius 1 is 1.35 bits per heavy atom. The summed E-state index contributed by atoms with van der Waals surface area (Å²) in [5, 5.41) is 6.22. The first-order valence-electron chi connectivity index (χ1n) is 7.28. The number of hydrogen-bond acceptors (Lipinski definition) is 3. The Morgan fingerprint density at radius 2 is 2.05 bits per heavy atom. The maximum Gasteiger partial charge on any atom is 0.251 e. The van der Waals surface area contributed by atoms with Crippen LogP contribution in [0.15, 0.2) is 18.2 Å². The van der Waals surface area contributed by atoms with Crippen LogP contribution in [0.1, 0.15) is 36.7 Å². The van der Waals surface area contributed by atoms with Crippen molar-refractivity contribution in [2.75, 3.05) is 32.0 Å². The molecule has 0 radical (unpaired) electrons. The lowest BCUT2D eigenvalue weighted by molar-refractivity contribution is 0.0947. The predicted molar refractivity (Wildman–Crippen MR) is 85.4 cm³/mol. The lowest BCUT2D eigenvalue weighted by Crippen LogP contribution is -2.36. The van der Waals surface area contributed by atoms with Crippen molar-refractivity contribution in [2.45, 2.75) is 33.7 Å². The molecule has 1 rings (SSSR count). The molecule has 0 fully saturated rings. The largest absolute Gasteiger partial charge is 0.385 e. The summed E-state index contributed by atoms with van der Waals surface area (Å²) in [5.41, 5.74) is 2.80. The molecule has 0 saturated heterocycles. The van der Waals surface area contributed by atoms with Crippen LogP contribution in [0.25, 0.3) is 0 Å². The molecule has 0 aliphatic carbocycles. The molecular formula is C16H27N3O. The molecule has 0 atom stereocenters. The minimum atomic E-state index is 0.00250. The van der Waals surface area contributed by atoms with Crippen molar-refractivity contribution >= 4 is 11.6 Å². The molecule has 0 spiro atoms. The fourth-order valence-electron chi connectivity index (χ4n) is 1.93. The fraction of sp³-hybridized carbons (Fsp3) is 0.562. The van der Waals surface area contributed by atoms with Crippen molar-refractivity contribution in [3.05, 3.63) is 29.3 Å². The number of aryl methyl sites for hydroxylation is 1. The van der Waals surface area contributed by atoms with Gasteiger partial charge in [0.05, 0.1) is 0 Å². The Morgan fingerprint density at radius 3 is 2.60 bits per heavy atom. The second kappa shape index (κ2) is 7.90. The van der Waals surface area contributed by atoms with Gasteiger partial charge in [-0.2, -0.15) is 0 Å². The lowest BCUT2D eigenvalue weighted by atomic mass is 10.1. The van der Waals surface area contributed by atoms with Gasteiger partial charge in [-0.05, 0) is 58.5 Å². The number of amides is 1. The number of nitrogens with zero attached hydrogens (tertiary/aromatic N) is 1. The number of benzene rings is 1. The summed E-state index contributed by atoms with van der Waals surface area (Å²) < 4.78 is 0. The fourth-order valence-corrected chi connectivity index (χ4v) is 1.93. The Labute approximate surface area is 122 Å². The van der Waals surface area contributed by atoms with E-state index in [1.165, 1.54) is 0 Å². The van der Waals surface area contributed by atoms with Crippen LogP contribution in [0.4, 0.5) is 5.69 Å². The van der Waals surface area contributed by atoms with Gasteiger partial charge in [-0.3, -0.25) is 4.79 Å². The topological polar surface area (TPSA) is 44.4 Å². The van der Waals surface area contributed by atoms with Gasteiger partial charge in [-0.25, -0.2) is 0 Å². The van der Waals surface area contributed by atoms with Gasteiger partial charge in [-0.15, -0.1) is 0 Å². The van der Waals surface area contributed by atoms with Crippen LogP contribution in [-0.2, 0) is 0 Å². The van der Waals surface area contributed by atoms with Crippen molar-refractivity contribution < 1.29 is 4.79 Å². The van der Waals surface area contributed by atoms with Gasteiger partial charge < -0.3 is 15.5 Å². The summed E-state index contributed by atoms with van der Waals surface area (Å²) in [7, 11) is 2.06. The van der Waals surface area contributed by atoms with Gasteiger partial charge in [0, 0.05) is 36.9 Å². The highest BCUT2D eigenvalue weighted by molar-refractivity contribution is 5.96. The maximum atomic E-state index is 12.1. The van der Waals surface area contributed by atoms with E-state index in [-0.39, 0.29) is 5.91 Å². The first-order chi connectivity index (χ1) is 9.45. The molecule has 2 N–H and O–H groups in total. The van der Waals surface area contributed by atoms with E-state index in [1.54, 1.807) is 0 Å². The quantitative estimate of drug-likeness (QED) is 0.805. The number of rotatable bonds is 7. The highest BCUT2D eigenvalue weighted by atomic mass is 16.1. The second-order valence-corrected chi connectivity index (χ2v) is 5.39. The Balaban J connectivity index is 2.55. The van der Waals surface area contributed by atoms with E-state index in [9.17, 15) is 4.79 Å². The molecule has 0 aliphatic rings. The van der Waals surface area contributed by atoms with Crippen molar-refractivity contribution in [3.8, 4) is 0 Å². The number of nitrogens with one attached hydrogen (secondary N) is 2. The van der Waals surface area contributed by atoms with Crippen molar-refractivity contribution in [3.63, 3.8) is 0 Å². The van der Waals surface area contributed by atoms with Gasteiger partial charge in [0.1, 0.15) is 0 Å². The first kappa shape index (κ1) is 16.5. The SMILES string of the molecule is CCNc1ccc(C(=O)NCCN(C)C(C)C)c(C)c1. The molecule has 112 valence electrons. The van der Waals surface area contributed by atoms with Gasteiger partial charge in [-0.1, -0.05) is 0 Å². The lowest BCUT2D eigenvalue weighted by Gasteiger charge is -2.21. The van der Waals surface area contributed by atoms with Gasteiger partial charge in [0.2, 0.25) is 0 Å². The molecule has 20 heavy (non-hydrogen) atoms. The Hall–Kier alpha value is -1.55. The highest BCUT2D eigenvalue weighted by Crippen LogP contribution is 2.14. The van der Waals surface area contributed by atoms with E-state index < -0.39 is 0 Å². The minimum absolute atomic E-state index is 0.00250. The van der Waals surface area contributed by atoms with Gasteiger partial charge >= 0.3 is 0 Å². The number of carbonyl (C=O) groups is 1. The molecule has 0 aliphatic heterocycles. The smallest absolute Gasteiger partial charge is 0.251 e. The van der Waals surface area contributed by atoms with Crippen LogP contribution in [0, 0.1) is 6.92 Å². The number of anilines is 1. The zero-order valence-electron chi connectivity index (χ0n) is 13.3. The summed E-state index contributed by atoms with van der Waals surface area (Å²) in [6.45, 7) is 10.7. The van der Waals surface area contributed by atoms with E-state index in [4.69, 9.17) is 0 Å². The summed E-state index contributed by atoms with van der Waals surface area (Å²) in [5.74, 6) is 0.00250. The predicted octanol–water partition coefficient (Wildman–Crippen LogP) is 2.50. The third-order valence-electron chi connectivity index (χ3n) is 3.48. The molecule has 0 bridgehead atoms. The van der Waals surface area contributed by atoms with Crippen molar-refractivity contribution in [2.24, 2.45) is 0 Å². The zero-order chi connectivity index (χ0) is 15.1. The monoisotopic (exact) mass is 277 g/mol. The number of hydrogen-bond donors (Lipinski definition) is 2. The third kappa shape index (κ3) is 4.85. The molecule has 1 aromatic rings. The average molecular weight is 277 g/mol. The Bertz CT molecular complexity index is 443. The van der Waals surface area contributed by atoms with E-state index >= 15 is 0 Å². The second-order valence-electron chi connectivity index (χ2n) is 5.39. The molecule has 0 aromatic heterocycles. The summed E-state index contributed by atoms with van der Waals surface area (Å²) in [6.07, 6.45) is 0. The maximum absolute atomic E-state index is 12.1. The number of carbonyl (C=O) groups excluding carboxylic acids is 1. The van der Waals surface area contributed by atoms with Crippen LogP contribution in [0.3, 0.4) is 0 Å². The molecule has 1 aromatic carbocycles. The van der Waals surface area contributed by atoms with Gasteiger partial charge in [0.25, 0.3) is 5.91 Å². The molecule has 1 amide bonds. The number of likely N-dealkylation sites (N-methyl/N-ethyl adjacent to an activating group) is 1. The summed E-state index contributed by atoms with van der Waals surface area (Å²) in [4.78, 5) is 14.3. The molecular weight excluding hydrogens is 250 g/mol. The van der Waals surface area contributed by atoms with Gasteiger partial charge in [0.15, 0.2) is 0 Å². The van der Waals surface area contributed by atoms with Crippen LogP contribution in [0.2, 0.25) is 0 Å². The molecule has 0 saturated carbocycles. The van der Waals surface area contributed by atoms with E-state index in [0.29, 0.717) is 12.6 Å². The molecule has 0 heterocycles. The van der Waals surface area contributed by atoms with E-state index in [2.05, 4.69) is 43.4 Å². The minimum Gasteiger partial charge on any atom is -0.385 e. The Kier molecular flexibility index (Phi) is 6.52. The van der Waals surface area contributed by atoms with E-state index in [0.717, 1.165) is 29.9 Å². The highest BCUT2D eigenvalue weighted by Gasteiger charge is 2.09. The van der Waals surface area contributed by atoms with Crippen molar-refractivity contribution in [1.29, 1.82) is 0 Å². The molecule has 4 nitrogen and oxygen atoms in total. The van der Waals surface area contributed by atoms with Crippen LogP contribution < -0.4 is 10.6 Å². The zero-order valence-corrected chi connectivity index (χ0v) is 13.3. The first-order valence-corrected chi connectivity index (χ1v) is 7.28. The van der Waals surface area contributed by atoms with Crippen LogP contribution >= 0.6 is 0 Å². The third-order valence-corrected chi connectivity index (χ3v) is 3.48.